The summed E-state index contributed by atoms with van der Waals surface area (Å²) in [6.45, 7) is 3.86. The average Bonchev–Trinajstić information content (AvgIpc) is 3.32. The van der Waals surface area contributed by atoms with E-state index in [9.17, 15) is 9.59 Å². The molecule has 7 heteroatoms. The van der Waals surface area contributed by atoms with Gasteiger partial charge in [-0.05, 0) is 57.2 Å². The van der Waals surface area contributed by atoms with Crippen molar-refractivity contribution in [2.75, 3.05) is 0 Å². The highest BCUT2D eigenvalue weighted by atomic mass is 16.2. The Balaban J connectivity index is 1.39. The minimum Gasteiger partial charge on any atom is -0.318 e. The largest absolute Gasteiger partial charge is 0.318 e. The first kappa shape index (κ1) is 17.8. The first-order valence-electron chi connectivity index (χ1n) is 9.40. The molecule has 4 rings (SSSR count). The van der Waals surface area contributed by atoms with E-state index < -0.39 is 0 Å². The third-order valence-corrected chi connectivity index (χ3v) is 5.43. The standard InChI is InChI=1S/C20H25N5O2/c1-12-10-16(13(2)25(12)15-6-4-3-5-7-15)19(26)23-24-20(27)18-11-17(21-22-18)14-8-9-14/h3-7,10,14,17-18,21-22H,8-9,11H2,1-2H3,(H,23,26)(H,24,27). The maximum absolute atomic E-state index is 12.6. The molecule has 2 amide bonds. The van der Waals surface area contributed by atoms with Crippen LogP contribution in [-0.2, 0) is 4.79 Å². The topological polar surface area (TPSA) is 87.2 Å². The SMILES string of the molecule is Cc1cc(C(=O)NNC(=O)C2CC(C3CC3)NN2)c(C)n1-c1ccccc1. The highest BCUT2D eigenvalue weighted by Crippen LogP contribution is 2.35. The maximum atomic E-state index is 12.6. The molecule has 1 saturated heterocycles. The molecule has 0 radical (unpaired) electrons. The van der Waals surface area contributed by atoms with Gasteiger partial charge in [0.25, 0.3) is 11.8 Å². The lowest BCUT2D eigenvalue weighted by Gasteiger charge is -2.12. The van der Waals surface area contributed by atoms with Crippen molar-refractivity contribution in [3.8, 4) is 5.69 Å². The van der Waals surface area contributed by atoms with E-state index in [0.717, 1.165) is 23.5 Å². The van der Waals surface area contributed by atoms with Crippen molar-refractivity contribution in [2.24, 2.45) is 5.92 Å². The quantitative estimate of drug-likeness (QED) is 0.617. The van der Waals surface area contributed by atoms with Gasteiger partial charge in [-0.1, -0.05) is 18.2 Å². The first-order chi connectivity index (χ1) is 13.0. The van der Waals surface area contributed by atoms with Gasteiger partial charge >= 0.3 is 0 Å². The molecule has 1 saturated carbocycles. The zero-order valence-corrected chi connectivity index (χ0v) is 15.6. The van der Waals surface area contributed by atoms with Gasteiger partial charge in [0, 0.05) is 23.1 Å². The number of hydrazine groups is 2. The second kappa shape index (κ2) is 7.17. The number of aryl methyl sites for hydroxylation is 1. The van der Waals surface area contributed by atoms with Crippen LogP contribution in [0.1, 0.15) is 41.0 Å². The maximum Gasteiger partial charge on any atom is 0.271 e. The van der Waals surface area contributed by atoms with Crippen molar-refractivity contribution in [3.63, 3.8) is 0 Å². The molecule has 2 unspecified atom stereocenters. The Kier molecular flexibility index (Phi) is 4.72. The van der Waals surface area contributed by atoms with Crippen LogP contribution >= 0.6 is 0 Å². The van der Waals surface area contributed by atoms with Gasteiger partial charge in [0.05, 0.1) is 5.56 Å². The summed E-state index contributed by atoms with van der Waals surface area (Å²) in [5.74, 6) is 0.132. The van der Waals surface area contributed by atoms with Gasteiger partial charge in [-0.15, -0.1) is 0 Å². The second-order valence-corrected chi connectivity index (χ2v) is 7.42. The Morgan fingerprint density at radius 2 is 1.81 bits per heavy atom. The van der Waals surface area contributed by atoms with Crippen LogP contribution < -0.4 is 21.7 Å². The summed E-state index contributed by atoms with van der Waals surface area (Å²) in [5, 5.41) is 0. The van der Waals surface area contributed by atoms with E-state index in [1.807, 2.05) is 54.8 Å². The van der Waals surface area contributed by atoms with E-state index >= 15 is 0 Å². The van der Waals surface area contributed by atoms with Gasteiger partial charge in [-0.25, -0.2) is 5.43 Å². The van der Waals surface area contributed by atoms with Crippen molar-refractivity contribution in [1.29, 1.82) is 0 Å². The van der Waals surface area contributed by atoms with Crippen LogP contribution in [0.15, 0.2) is 36.4 Å². The van der Waals surface area contributed by atoms with Crippen molar-refractivity contribution >= 4 is 11.8 Å². The van der Waals surface area contributed by atoms with Crippen molar-refractivity contribution in [2.45, 2.75) is 45.2 Å². The van der Waals surface area contributed by atoms with Gasteiger partial charge in [-0.2, -0.15) is 0 Å². The van der Waals surface area contributed by atoms with Crippen molar-refractivity contribution in [3.05, 3.63) is 53.3 Å². The van der Waals surface area contributed by atoms with Gasteiger partial charge < -0.3 is 4.57 Å². The molecule has 2 aromatic rings. The molecule has 27 heavy (non-hydrogen) atoms. The highest BCUT2D eigenvalue weighted by molar-refractivity contribution is 5.97. The van der Waals surface area contributed by atoms with Crippen LogP contribution in [0.3, 0.4) is 0 Å². The molecule has 2 atom stereocenters. The number of benzene rings is 1. The Bertz CT molecular complexity index is 857. The molecule has 1 aliphatic carbocycles. The lowest BCUT2D eigenvalue weighted by atomic mass is 10.1. The molecule has 142 valence electrons. The molecular formula is C20H25N5O2. The molecule has 2 aliphatic rings. The van der Waals surface area contributed by atoms with Crippen LogP contribution in [0.2, 0.25) is 0 Å². The molecule has 1 aliphatic heterocycles. The van der Waals surface area contributed by atoms with Crippen molar-refractivity contribution in [1.82, 2.24) is 26.3 Å². The molecule has 7 nitrogen and oxygen atoms in total. The van der Waals surface area contributed by atoms with Crippen molar-refractivity contribution < 1.29 is 9.59 Å². The summed E-state index contributed by atoms with van der Waals surface area (Å²) in [6, 6.07) is 11.7. The summed E-state index contributed by atoms with van der Waals surface area (Å²) in [4.78, 5) is 24.9. The fourth-order valence-corrected chi connectivity index (χ4v) is 3.80. The zero-order valence-electron chi connectivity index (χ0n) is 15.6. The minimum absolute atomic E-state index is 0.226. The molecular weight excluding hydrogens is 342 g/mol. The lowest BCUT2D eigenvalue weighted by Crippen LogP contribution is -2.50. The number of amides is 2. The zero-order chi connectivity index (χ0) is 19.0. The summed E-state index contributed by atoms with van der Waals surface area (Å²) >= 11 is 0. The number of carbonyl (C=O) groups is 2. The number of para-hydroxylation sites is 1. The van der Waals surface area contributed by atoms with E-state index in [-0.39, 0.29) is 17.9 Å². The highest BCUT2D eigenvalue weighted by Gasteiger charge is 2.38. The number of rotatable bonds is 4. The molecule has 1 aromatic heterocycles. The van der Waals surface area contributed by atoms with Crippen LogP contribution in [-0.4, -0.2) is 28.5 Å². The number of aromatic nitrogens is 1. The smallest absolute Gasteiger partial charge is 0.271 e. The van der Waals surface area contributed by atoms with E-state index in [1.165, 1.54) is 12.8 Å². The number of carbonyl (C=O) groups excluding carboxylic acids is 2. The molecule has 0 bridgehead atoms. The number of hydrogen-bond acceptors (Lipinski definition) is 4. The third-order valence-electron chi connectivity index (χ3n) is 5.43. The fourth-order valence-electron chi connectivity index (χ4n) is 3.80. The first-order valence-corrected chi connectivity index (χ1v) is 9.40. The summed E-state index contributed by atoms with van der Waals surface area (Å²) in [7, 11) is 0. The molecule has 2 fully saturated rings. The van der Waals surface area contributed by atoms with Gasteiger partial charge in [0.1, 0.15) is 6.04 Å². The molecule has 4 N–H and O–H groups in total. The van der Waals surface area contributed by atoms with Crippen LogP contribution in [0.4, 0.5) is 0 Å². The van der Waals surface area contributed by atoms with Crippen LogP contribution in [0.25, 0.3) is 5.69 Å². The molecule has 1 aromatic carbocycles. The fraction of sp³-hybridized carbons (Fsp3) is 0.400. The molecule has 2 heterocycles. The minimum atomic E-state index is -0.326. The average molecular weight is 367 g/mol. The van der Waals surface area contributed by atoms with Crippen LogP contribution in [0, 0.1) is 19.8 Å². The predicted molar refractivity (Wildman–Crippen MR) is 102 cm³/mol. The lowest BCUT2D eigenvalue weighted by molar-refractivity contribution is -0.123. The number of hydrogen-bond donors (Lipinski definition) is 4. The predicted octanol–water partition coefficient (Wildman–Crippen LogP) is 1.50. The van der Waals surface area contributed by atoms with Gasteiger partial charge in [0.15, 0.2) is 0 Å². The third kappa shape index (κ3) is 3.61. The second-order valence-electron chi connectivity index (χ2n) is 7.42. The number of nitrogens with one attached hydrogen (secondary N) is 4. The Hall–Kier alpha value is -2.64. The number of nitrogens with zero attached hydrogens (tertiary/aromatic N) is 1. The van der Waals surface area contributed by atoms with E-state index in [2.05, 4.69) is 21.7 Å². The Labute approximate surface area is 158 Å². The van der Waals surface area contributed by atoms with Crippen LogP contribution in [0.5, 0.6) is 0 Å². The van der Waals surface area contributed by atoms with Gasteiger partial charge in [-0.3, -0.25) is 25.9 Å². The monoisotopic (exact) mass is 367 g/mol. The van der Waals surface area contributed by atoms with Gasteiger partial charge in [0.2, 0.25) is 0 Å². The Morgan fingerprint density at radius 3 is 2.52 bits per heavy atom. The normalized spacial score (nSPS) is 21.9. The summed E-state index contributed by atoms with van der Waals surface area (Å²) < 4.78 is 2.03. The molecule has 0 spiro atoms. The summed E-state index contributed by atoms with van der Waals surface area (Å²) in [6.07, 6.45) is 3.19. The van der Waals surface area contributed by atoms with E-state index in [0.29, 0.717) is 17.5 Å². The van der Waals surface area contributed by atoms with E-state index in [1.54, 1.807) is 0 Å². The van der Waals surface area contributed by atoms with E-state index in [4.69, 9.17) is 0 Å². The summed E-state index contributed by atoms with van der Waals surface area (Å²) in [5.41, 5.74) is 14.6. The Morgan fingerprint density at radius 1 is 1.07 bits per heavy atom.